The standard InChI is InChI=1S/C12H13N3O4/c1-8-6-9(11-15-13-7-19-11)2-3-10(8)14-12(17)18-5-4-16/h2-3,6-7,16H,4-5H2,1H3,(H,14,17). The van der Waals surface area contributed by atoms with E-state index >= 15 is 0 Å². The van der Waals surface area contributed by atoms with Crippen LogP contribution in [0.2, 0.25) is 0 Å². The van der Waals surface area contributed by atoms with Crippen molar-refractivity contribution in [3.05, 3.63) is 30.2 Å². The van der Waals surface area contributed by atoms with Crippen LogP contribution in [-0.4, -0.2) is 34.6 Å². The summed E-state index contributed by atoms with van der Waals surface area (Å²) < 4.78 is 9.80. The average molecular weight is 263 g/mol. The Labute approximate surface area is 109 Å². The molecule has 2 rings (SSSR count). The Morgan fingerprint density at radius 1 is 1.53 bits per heavy atom. The Balaban J connectivity index is 2.09. The zero-order chi connectivity index (χ0) is 13.7. The number of aromatic nitrogens is 2. The van der Waals surface area contributed by atoms with E-state index in [1.54, 1.807) is 12.1 Å². The van der Waals surface area contributed by atoms with Crippen molar-refractivity contribution in [3.63, 3.8) is 0 Å². The molecule has 1 aromatic carbocycles. The Hall–Kier alpha value is -2.41. The molecule has 0 unspecified atom stereocenters. The quantitative estimate of drug-likeness (QED) is 0.869. The first-order valence-electron chi connectivity index (χ1n) is 5.62. The maximum absolute atomic E-state index is 11.4. The van der Waals surface area contributed by atoms with Gasteiger partial charge >= 0.3 is 6.09 Å². The molecule has 100 valence electrons. The van der Waals surface area contributed by atoms with E-state index in [0.29, 0.717) is 11.6 Å². The van der Waals surface area contributed by atoms with E-state index in [1.807, 2.05) is 13.0 Å². The van der Waals surface area contributed by atoms with Crippen LogP contribution < -0.4 is 5.32 Å². The van der Waals surface area contributed by atoms with E-state index in [0.717, 1.165) is 11.1 Å². The van der Waals surface area contributed by atoms with Crippen LogP contribution in [0.1, 0.15) is 5.56 Å². The smallest absolute Gasteiger partial charge is 0.411 e. The molecule has 0 radical (unpaired) electrons. The number of carbonyl (C=O) groups is 1. The molecule has 0 saturated heterocycles. The Morgan fingerprint density at radius 3 is 3.00 bits per heavy atom. The minimum atomic E-state index is -0.609. The second kappa shape index (κ2) is 5.96. The minimum absolute atomic E-state index is 0.0368. The highest BCUT2D eigenvalue weighted by Crippen LogP contribution is 2.23. The first-order chi connectivity index (χ1) is 9.20. The number of nitrogens with zero attached hydrogens (tertiary/aromatic N) is 2. The van der Waals surface area contributed by atoms with Gasteiger partial charge in [0.2, 0.25) is 12.3 Å². The fourth-order valence-electron chi connectivity index (χ4n) is 1.52. The van der Waals surface area contributed by atoms with Gasteiger partial charge in [0.05, 0.1) is 6.61 Å². The van der Waals surface area contributed by atoms with Crippen LogP contribution in [0, 0.1) is 6.92 Å². The number of aliphatic hydroxyl groups is 1. The molecule has 2 N–H and O–H groups in total. The maximum Gasteiger partial charge on any atom is 0.411 e. The summed E-state index contributed by atoms with van der Waals surface area (Å²) in [6.07, 6.45) is 0.644. The highest BCUT2D eigenvalue weighted by molar-refractivity contribution is 5.86. The summed E-state index contributed by atoms with van der Waals surface area (Å²) in [5.74, 6) is 0.414. The summed E-state index contributed by atoms with van der Waals surface area (Å²) in [6.45, 7) is 1.59. The largest absolute Gasteiger partial charge is 0.447 e. The maximum atomic E-state index is 11.4. The number of nitrogens with one attached hydrogen (secondary N) is 1. The molecule has 7 heteroatoms. The molecule has 2 aromatic rings. The van der Waals surface area contributed by atoms with Crippen molar-refractivity contribution >= 4 is 11.8 Å². The molecule has 1 heterocycles. The number of anilines is 1. The second-order valence-electron chi connectivity index (χ2n) is 3.76. The van der Waals surface area contributed by atoms with Crippen LogP contribution in [-0.2, 0) is 4.74 Å². The van der Waals surface area contributed by atoms with Gasteiger partial charge in [-0.3, -0.25) is 5.32 Å². The molecule has 1 aromatic heterocycles. The van der Waals surface area contributed by atoms with Gasteiger partial charge in [0.25, 0.3) is 0 Å². The summed E-state index contributed by atoms with van der Waals surface area (Å²) in [6, 6.07) is 5.28. The van der Waals surface area contributed by atoms with Crippen LogP contribution in [0.3, 0.4) is 0 Å². The lowest BCUT2D eigenvalue weighted by atomic mass is 10.1. The lowest BCUT2D eigenvalue weighted by Crippen LogP contribution is -2.16. The number of hydrogen-bond acceptors (Lipinski definition) is 6. The van der Waals surface area contributed by atoms with Crippen LogP contribution in [0.5, 0.6) is 0 Å². The summed E-state index contributed by atoms with van der Waals surface area (Å²) >= 11 is 0. The van der Waals surface area contributed by atoms with Gasteiger partial charge in [0.1, 0.15) is 6.61 Å². The molecule has 0 atom stereocenters. The number of amides is 1. The van der Waals surface area contributed by atoms with E-state index < -0.39 is 6.09 Å². The van der Waals surface area contributed by atoms with Gasteiger partial charge in [0, 0.05) is 11.3 Å². The third kappa shape index (κ3) is 3.29. The first-order valence-corrected chi connectivity index (χ1v) is 5.62. The Kier molecular flexibility index (Phi) is 4.09. The molecule has 0 aliphatic carbocycles. The molecule has 0 bridgehead atoms. The number of aryl methyl sites for hydroxylation is 1. The third-order valence-electron chi connectivity index (χ3n) is 2.39. The molecule has 1 amide bonds. The molecular weight excluding hydrogens is 250 g/mol. The number of rotatable bonds is 4. The van der Waals surface area contributed by atoms with Crippen molar-refractivity contribution in [2.75, 3.05) is 18.5 Å². The van der Waals surface area contributed by atoms with Crippen molar-refractivity contribution in [3.8, 4) is 11.5 Å². The van der Waals surface area contributed by atoms with E-state index in [4.69, 9.17) is 14.3 Å². The minimum Gasteiger partial charge on any atom is -0.447 e. The molecular formula is C12H13N3O4. The van der Waals surface area contributed by atoms with Crippen LogP contribution in [0.25, 0.3) is 11.5 Å². The summed E-state index contributed by atoms with van der Waals surface area (Å²) in [5.41, 5.74) is 2.21. The number of ether oxygens (including phenoxy) is 1. The fraction of sp³-hybridized carbons (Fsp3) is 0.250. The van der Waals surface area contributed by atoms with Gasteiger partial charge in [-0.05, 0) is 30.7 Å². The van der Waals surface area contributed by atoms with E-state index in [-0.39, 0.29) is 13.2 Å². The molecule has 0 aliphatic rings. The van der Waals surface area contributed by atoms with Crippen molar-refractivity contribution in [1.82, 2.24) is 10.2 Å². The number of carbonyl (C=O) groups excluding carboxylic acids is 1. The average Bonchev–Trinajstić information content (AvgIpc) is 2.92. The predicted octanol–water partition coefficient (Wildman–Crippen LogP) is 1.59. The van der Waals surface area contributed by atoms with Gasteiger partial charge in [-0.2, -0.15) is 0 Å². The number of hydrogen-bond donors (Lipinski definition) is 2. The van der Waals surface area contributed by atoms with Crippen LogP contribution in [0.4, 0.5) is 10.5 Å². The Morgan fingerprint density at radius 2 is 2.37 bits per heavy atom. The number of aliphatic hydroxyl groups excluding tert-OH is 1. The normalized spacial score (nSPS) is 10.2. The molecule has 19 heavy (non-hydrogen) atoms. The molecule has 0 aliphatic heterocycles. The monoisotopic (exact) mass is 263 g/mol. The van der Waals surface area contributed by atoms with Gasteiger partial charge in [0.15, 0.2) is 0 Å². The highest BCUT2D eigenvalue weighted by Gasteiger charge is 2.09. The van der Waals surface area contributed by atoms with Gasteiger partial charge < -0.3 is 14.3 Å². The lowest BCUT2D eigenvalue weighted by Gasteiger charge is -2.09. The zero-order valence-corrected chi connectivity index (χ0v) is 10.3. The molecule has 0 saturated carbocycles. The highest BCUT2D eigenvalue weighted by atomic mass is 16.6. The lowest BCUT2D eigenvalue weighted by molar-refractivity contribution is 0.131. The molecule has 0 fully saturated rings. The second-order valence-corrected chi connectivity index (χ2v) is 3.76. The van der Waals surface area contributed by atoms with Gasteiger partial charge in [-0.1, -0.05) is 0 Å². The molecule has 7 nitrogen and oxygen atoms in total. The first kappa shape index (κ1) is 13.0. The molecule has 0 spiro atoms. The van der Waals surface area contributed by atoms with Gasteiger partial charge in [-0.15, -0.1) is 10.2 Å². The van der Waals surface area contributed by atoms with Crippen LogP contribution in [0.15, 0.2) is 29.0 Å². The van der Waals surface area contributed by atoms with Gasteiger partial charge in [-0.25, -0.2) is 4.79 Å². The van der Waals surface area contributed by atoms with Crippen molar-refractivity contribution in [2.45, 2.75) is 6.92 Å². The Bertz CT molecular complexity index is 554. The summed E-state index contributed by atoms with van der Waals surface area (Å²) in [5, 5.41) is 18.5. The van der Waals surface area contributed by atoms with Crippen LogP contribution >= 0.6 is 0 Å². The third-order valence-corrected chi connectivity index (χ3v) is 2.39. The van der Waals surface area contributed by atoms with Crippen molar-refractivity contribution < 1.29 is 19.1 Å². The zero-order valence-electron chi connectivity index (χ0n) is 10.3. The predicted molar refractivity (Wildman–Crippen MR) is 66.5 cm³/mol. The van der Waals surface area contributed by atoms with Crippen molar-refractivity contribution in [2.24, 2.45) is 0 Å². The van der Waals surface area contributed by atoms with E-state index in [1.165, 1.54) is 6.39 Å². The number of benzene rings is 1. The van der Waals surface area contributed by atoms with Crippen molar-refractivity contribution in [1.29, 1.82) is 0 Å². The fourth-order valence-corrected chi connectivity index (χ4v) is 1.52. The van der Waals surface area contributed by atoms with E-state index in [2.05, 4.69) is 15.5 Å². The summed E-state index contributed by atoms with van der Waals surface area (Å²) in [4.78, 5) is 11.4. The summed E-state index contributed by atoms with van der Waals surface area (Å²) in [7, 11) is 0. The topological polar surface area (TPSA) is 97.5 Å². The van der Waals surface area contributed by atoms with E-state index in [9.17, 15) is 4.79 Å². The SMILES string of the molecule is Cc1cc(-c2nnco2)ccc1NC(=O)OCCO.